The molecule has 0 saturated heterocycles. The number of carbonyl (C=O) groups excluding carboxylic acids is 1. The SMILES string of the molecule is Cc1ccc(CC(=O)N(C)Cc2cc(C(=O)O)c(C)o2)cn1. The Hall–Kier alpha value is -2.63. The first-order valence-corrected chi connectivity index (χ1v) is 6.85. The van der Waals surface area contributed by atoms with Crippen molar-refractivity contribution >= 4 is 11.9 Å². The average Bonchev–Trinajstić information content (AvgIpc) is 2.82. The van der Waals surface area contributed by atoms with E-state index in [4.69, 9.17) is 9.52 Å². The van der Waals surface area contributed by atoms with Gasteiger partial charge >= 0.3 is 5.97 Å². The van der Waals surface area contributed by atoms with E-state index < -0.39 is 5.97 Å². The largest absolute Gasteiger partial charge is 0.478 e. The minimum atomic E-state index is -1.03. The Kier molecular flexibility index (Phi) is 4.60. The van der Waals surface area contributed by atoms with Gasteiger partial charge in [0.1, 0.15) is 17.1 Å². The predicted octanol–water partition coefficient (Wildman–Crippen LogP) is 2.19. The molecule has 2 rings (SSSR count). The maximum absolute atomic E-state index is 12.2. The zero-order valence-corrected chi connectivity index (χ0v) is 12.8. The van der Waals surface area contributed by atoms with Gasteiger partial charge in [0.25, 0.3) is 0 Å². The number of pyridine rings is 1. The summed E-state index contributed by atoms with van der Waals surface area (Å²) in [5.41, 5.74) is 1.86. The number of carbonyl (C=O) groups is 2. The number of carboxylic acids is 1. The van der Waals surface area contributed by atoms with Gasteiger partial charge < -0.3 is 14.4 Å². The highest BCUT2D eigenvalue weighted by Gasteiger charge is 2.17. The summed E-state index contributed by atoms with van der Waals surface area (Å²) in [5.74, 6) is -0.331. The molecule has 2 heterocycles. The number of amides is 1. The van der Waals surface area contributed by atoms with Crippen molar-refractivity contribution < 1.29 is 19.1 Å². The number of rotatable bonds is 5. The van der Waals surface area contributed by atoms with E-state index in [2.05, 4.69) is 4.98 Å². The lowest BCUT2D eigenvalue weighted by Gasteiger charge is -2.15. The van der Waals surface area contributed by atoms with Gasteiger partial charge in [0.05, 0.1) is 13.0 Å². The lowest BCUT2D eigenvalue weighted by molar-refractivity contribution is -0.129. The molecule has 6 heteroatoms. The van der Waals surface area contributed by atoms with E-state index in [1.807, 2.05) is 19.1 Å². The molecule has 0 aliphatic rings. The minimum absolute atomic E-state index is 0.0865. The van der Waals surface area contributed by atoms with Crippen LogP contribution in [0.1, 0.15) is 33.1 Å². The predicted molar refractivity (Wildman–Crippen MR) is 79.6 cm³/mol. The van der Waals surface area contributed by atoms with Gasteiger partial charge in [0.2, 0.25) is 5.91 Å². The highest BCUT2D eigenvalue weighted by atomic mass is 16.4. The quantitative estimate of drug-likeness (QED) is 0.915. The van der Waals surface area contributed by atoms with Gasteiger partial charge in [-0.15, -0.1) is 0 Å². The Morgan fingerprint density at radius 1 is 1.32 bits per heavy atom. The van der Waals surface area contributed by atoms with Gasteiger partial charge in [-0.3, -0.25) is 9.78 Å². The topological polar surface area (TPSA) is 83.6 Å². The van der Waals surface area contributed by atoms with E-state index >= 15 is 0 Å². The Labute approximate surface area is 128 Å². The molecule has 0 radical (unpaired) electrons. The van der Waals surface area contributed by atoms with Crippen molar-refractivity contribution in [3.8, 4) is 0 Å². The number of aromatic carboxylic acids is 1. The van der Waals surface area contributed by atoms with Crippen LogP contribution >= 0.6 is 0 Å². The van der Waals surface area contributed by atoms with Crippen molar-refractivity contribution in [2.24, 2.45) is 0 Å². The number of likely N-dealkylation sites (N-methyl/N-ethyl adjacent to an activating group) is 1. The Balaban J connectivity index is 2.00. The summed E-state index contributed by atoms with van der Waals surface area (Å²) in [6, 6.07) is 5.18. The molecule has 0 spiro atoms. The van der Waals surface area contributed by atoms with E-state index in [1.54, 1.807) is 20.2 Å². The fraction of sp³-hybridized carbons (Fsp3) is 0.312. The molecule has 2 aromatic rings. The zero-order valence-electron chi connectivity index (χ0n) is 12.8. The maximum Gasteiger partial charge on any atom is 0.339 e. The van der Waals surface area contributed by atoms with Gasteiger partial charge in [0, 0.05) is 18.9 Å². The molecule has 0 aromatic carbocycles. The van der Waals surface area contributed by atoms with Crippen LogP contribution in [-0.4, -0.2) is 33.9 Å². The first kappa shape index (κ1) is 15.8. The molecule has 22 heavy (non-hydrogen) atoms. The highest BCUT2D eigenvalue weighted by Crippen LogP contribution is 2.16. The molecule has 0 saturated carbocycles. The molecule has 0 aliphatic carbocycles. The monoisotopic (exact) mass is 302 g/mol. The highest BCUT2D eigenvalue weighted by molar-refractivity contribution is 5.88. The fourth-order valence-electron chi connectivity index (χ4n) is 2.07. The molecule has 116 valence electrons. The number of carboxylic acid groups (broad SMARTS) is 1. The summed E-state index contributed by atoms with van der Waals surface area (Å²) >= 11 is 0. The third kappa shape index (κ3) is 3.72. The number of furan rings is 1. The lowest BCUT2D eigenvalue weighted by Crippen LogP contribution is -2.27. The molecule has 1 amide bonds. The number of hydrogen-bond acceptors (Lipinski definition) is 4. The summed E-state index contributed by atoms with van der Waals surface area (Å²) < 4.78 is 5.38. The first-order chi connectivity index (χ1) is 10.4. The van der Waals surface area contributed by atoms with E-state index in [-0.39, 0.29) is 24.4 Å². The average molecular weight is 302 g/mol. The number of nitrogens with zero attached hydrogens (tertiary/aromatic N) is 2. The molecule has 0 bridgehead atoms. The van der Waals surface area contributed by atoms with Crippen molar-refractivity contribution in [3.05, 3.63) is 52.7 Å². The molecule has 0 aliphatic heterocycles. The molecule has 0 fully saturated rings. The van der Waals surface area contributed by atoms with Crippen LogP contribution in [0.3, 0.4) is 0 Å². The van der Waals surface area contributed by atoms with Crippen LogP contribution < -0.4 is 0 Å². The van der Waals surface area contributed by atoms with Gasteiger partial charge in [-0.2, -0.15) is 0 Å². The molecular formula is C16H18N2O4. The van der Waals surface area contributed by atoms with Crippen molar-refractivity contribution in [1.29, 1.82) is 0 Å². The molecule has 0 unspecified atom stereocenters. The summed E-state index contributed by atoms with van der Waals surface area (Å²) in [5, 5.41) is 8.99. The van der Waals surface area contributed by atoms with Crippen LogP contribution in [0.4, 0.5) is 0 Å². The number of hydrogen-bond donors (Lipinski definition) is 1. The van der Waals surface area contributed by atoms with E-state index in [0.717, 1.165) is 11.3 Å². The number of aryl methyl sites for hydroxylation is 2. The number of aromatic nitrogens is 1. The van der Waals surface area contributed by atoms with Gasteiger partial charge in [-0.1, -0.05) is 6.07 Å². The second kappa shape index (κ2) is 6.43. The Morgan fingerprint density at radius 2 is 2.05 bits per heavy atom. The molecule has 6 nitrogen and oxygen atoms in total. The van der Waals surface area contributed by atoms with Gasteiger partial charge in [-0.25, -0.2) is 4.79 Å². The van der Waals surface area contributed by atoms with E-state index in [9.17, 15) is 9.59 Å². The van der Waals surface area contributed by atoms with Crippen molar-refractivity contribution in [1.82, 2.24) is 9.88 Å². The first-order valence-electron chi connectivity index (χ1n) is 6.85. The smallest absolute Gasteiger partial charge is 0.339 e. The summed E-state index contributed by atoms with van der Waals surface area (Å²) in [6.45, 7) is 3.70. The minimum Gasteiger partial charge on any atom is -0.478 e. The van der Waals surface area contributed by atoms with Gasteiger partial charge in [0.15, 0.2) is 0 Å². The third-order valence-electron chi connectivity index (χ3n) is 3.35. The van der Waals surface area contributed by atoms with Crippen molar-refractivity contribution in [2.75, 3.05) is 7.05 Å². The van der Waals surface area contributed by atoms with Crippen LogP contribution in [0.5, 0.6) is 0 Å². The molecule has 1 N–H and O–H groups in total. The fourth-order valence-corrected chi connectivity index (χ4v) is 2.07. The molecule has 0 atom stereocenters. The lowest BCUT2D eigenvalue weighted by atomic mass is 10.2. The summed E-state index contributed by atoms with van der Waals surface area (Å²) in [7, 11) is 1.66. The molecular weight excluding hydrogens is 284 g/mol. The van der Waals surface area contributed by atoms with Crippen molar-refractivity contribution in [2.45, 2.75) is 26.8 Å². The maximum atomic E-state index is 12.2. The van der Waals surface area contributed by atoms with Crippen LogP contribution in [0.2, 0.25) is 0 Å². The van der Waals surface area contributed by atoms with Crippen molar-refractivity contribution in [3.63, 3.8) is 0 Å². The van der Waals surface area contributed by atoms with Gasteiger partial charge in [-0.05, 0) is 31.5 Å². The standard InChI is InChI=1S/C16H18N2O4/c1-10-4-5-12(8-17-10)6-15(19)18(3)9-13-7-14(16(20)21)11(2)22-13/h4-5,7-8H,6,9H2,1-3H3,(H,20,21). The van der Waals surface area contributed by atoms with Crippen LogP contribution in [0.25, 0.3) is 0 Å². The summed E-state index contributed by atoms with van der Waals surface area (Å²) in [6.07, 6.45) is 1.93. The normalized spacial score (nSPS) is 10.5. The van der Waals surface area contributed by atoms with Crippen LogP contribution in [-0.2, 0) is 17.8 Å². The van der Waals surface area contributed by atoms with Crippen LogP contribution in [0.15, 0.2) is 28.8 Å². The van der Waals surface area contributed by atoms with E-state index in [0.29, 0.717) is 11.5 Å². The summed E-state index contributed by atoms with van der Waals surface area (Å²) in [4.78, 5) is 28.8. The third-order valence-corrected chi connectivity index (χ3v) is 3.35. The second-order valence-electron chi connectivity index (χ2n) is 5.22. The Bertz CT molecular complexity index is 689. The van der Waals surface area contributed by atoms with E-state index in [1.165, 1.54) is 11.0 Å². The van der Waals surface area contributed by atoms with Crippen LogP contribution in [0, 0.1) is 13.8 Å². The second-order valence-corrected chi connectivity index (χ2v) is 5.22. The Morgan fingerprint density at radius 3 is 2.59 bits per heavy atom. The molecule has 2 aromatic heterocycles. The zero-order chi connectivity index (χ0) is 16.3.